The zero-order chi connectivity index (χ0) is 24.6. The van der Waals surface area contributed by atoms with Gasteiger partial charge in [-0.1, -0.05) is 119 Å². The van der Waals surface area contributed by atoms with E-state index in [1.54, 1.807) is 0 Å². The predicted octanol–water partition coefficient (Wildman–Crippen LogP) is 9.74. The van der Waals surface area contributed by atoms with Crippen molar-refractivity contribution in [1.82, 2.24) is 0 Å². The molecule has 2 aromatic carbocycles. The molecule has 35 heavy (non-hydrogen) atoms. The van der Waals surface area contributed by atoms with Gasteiger partial charge in [0.15, 0.2) is 0 Å². The number of unbranched alkanes of at least 4 members (excludes halogenated alkanes) is 2. The SMILES string of the molecule is C=CCCOCc1ccc(CC[C@H]2CC[C@H](CCCCc3ccc(/C=C/CCC)cc3)CC2)cc1. The third kappa shape index (κ3) is 11.0. The smallest absolute Gasteiger partial charge is 0.0717 e. The maximum Gasteiger partial charge on any atom is 0.0717 e. The molecule has 0 spiro atoms. The lowest BCUT2D eigenvalue weighted by Crippen LogP contribution is -2.15. The second-order valence-electron chi connectivity index (χ2n) is 10.6. The second-order valence-corrected chi connectivity index (χ2v) is 10.6. The topological polar surface area (TPSA) is 9.23 Å². The molecule has 1 saturated carbocycles. The zero-order valence-electron chi connectivity index (χ0n) is 22.2. The summed E-state index contributed by atoms with van der Waals surface area (Å²) in [5.74, 6) is 1.90. The fourth-order valence-corrected chi connectivity index (χ4v) is 5.28. The van der Waals surface area contributed by atoms with Gasteiger partial charge in [0, 0.05) is 0 Å². The Morgan fingerprint density at radius 1 is 0.771 bits per heavy atom. The van der Waals surface area contributed by atoms with Gasteiger partial charge in [0.25, 0.3) is 0 Å². The van der Waals surface area contributed by atoms with Crippen molar-refractivity contribution in [2.45, 2.75) is 97.0 Å². The number of allylic oxidation sites excluding steroid dienone is 1. The van der Waals surface area contributed by atoms with E-state index in [4.69, 9.17) is 4.74 Å². The van der Waals surface area contributed by atoms with Crippen LogP contribution >= 0.6 is 0 Å². The number of ether oxygens (including phenoxy) is 1. The third-order valence-electron chi connectivity index (χ3n) is 7.64. The third-order valence-corrected chi connectivity index (χ3v) is 7.64. The fraction of sp³-hybridized carbons (Fsp3) is 0.529. The van der Waals surface area contributed by atoms with Crippen LogP contribution in [0.4, 0.5) is 0 Å². The second kappa shape index (κ2) is 16.5. The molecule has 0 bridgehead atoms. The standard InChI is InChI=1S/C34H48O/c1-3-5-7-10-29-13-15-30(16-14-29)11-8-9-12-31-17-19-32(20-18-31)21-22-33-23-25-34(26-24-33)28-35-27-6-4-2/h4,7,10,13-16,23-26,31-32H,2-3,5-6,8-9,11-12,17-22,27-28H2,1H3/b10-7+/t31-,32-. The Balaban J connectivity index is 1.24. The average molecular weight is 473 g/mol. The van der Waals surface area contributed by atoms with Crippen molar-refractivity contribution in [2.75, 3.05) is 6.61 Å². The molecule has 2 aromatic rings. The number of hydrogen-bond donors (Lipinski definition) is 0. The Morgan fingerprint density at radius 3 is 2.09 bits per heavy atom. The van der Waals surface area contributed by atoms with Crippen LogP contribution < -0.4 is 0 Å². The molecule has 0 aromatic heterocycles. The molecule has 3 rings (SSSR count). The minimum Gasteiger partial charge on any atom is -0.376 e. The molecule has 1 nitrogen and oxygen atoms in total. The van der Waals surface area contributed by atoms with E-state index in [0.717, 1.165) is 24.9 Å². The van der Waals surface area contributed by atoms with Crippen LogP contribution in [0, 0.1) is 11.8 Å². The Hall–Kier alpha value is -2.12. The summed E-state index contributed by atoms with van der Waals surface area (Å²) in [5, 5.41) is 0. The Labute approximate surface area is 215 Å². The molecule has 0 radical (unpaired) electrons. The lowest BCUT2D eigenvalue weighted by Gasteiger charge is -2.28. The van der Waals surface area contributed by atoms with E-state index in [1.165, 1.54) is 99.3 Å². The van der Waals surface area contributed by atoms with Crippen LogP contribution in [0.5, 0.6) is 0 Å². The highest BCUT2D eigenvalue weighted by Gasteiger charge is 2.20. The molecule has 0 heterocycles. The minimum atomic E-state index is 0.709. The maximum absolute atomic E-state index is 5.67. The van der Waals surface area contributed by atoms with E-state index in [0.29, 0.717) is 6.61 Å². The molecule has 0 saturated heterocycles. The van der Waals surface area contributed by atoms with E-state index < -0.39 is 0 Å². The molecule has 0 amide bonds. The van der Waals surface area contributed by atoms with Gasteiger partial charge in [0.05, 0.1) is 13.2 Å². The zero-order valence-corrected chi connectivity index (χ0v) is 22.2. The molecule has 1 aliphatic rings. The number of hydrogen-bond acceptors (Lipinski definition) is 1. The molecule has 190 valence electrons. The van der Waals surface area contributed by atoms with Crippen molar-refractivity contribution >= 4 is 6.08 Å². The lowest BCUT2D eigenvalue weighted by atomic mass is 9.77. The molecular weight excluding hydrogens is 424 g/mol. The Bertz CT molecular complexity index is 837. The number of aryl methyl sites for hydroxylation is 2. The normalized spacial score (nSPS) is 18.2. The molecule has 1 fully saturated rings. The first-order valence-electron chi connectivity index (χ1n) is 14.3. The van der Waals surface area contributed by atoms with E-state index >= 15 is 0 Å². The summed E-state index contributed by atoms with van der Waals surface area (Å²) >= 11 is 0. The Kier molecular flexibility index (Phi) is 13.0. The lowest BCUT2D eigenvalue weighted by molar-refractivity contribution is 0.125. The monoisotopic (exact) mass is 472 g/mol. The molecule has 0 aliphatic heterocycles. The predicted molar refractivity (Wildman–Crippen MR) is 153 cm³/mol. The summed E-state index contributed by atoms with van der Waals surface area (Å²) < 4.78 is 5.67. The van der Waals surface area contributed by atoms with Gasteiger partial charge in [-0.25, -0.2) is 0 Å². The molecule has 1 aliphatic carbocycles. The van der Waals surface area contributed by atoms with Crippen molar-refractivity contribution in [1.29, 1.82) is 0 Å². The van der Waals surface area contributed by atoms with Crippen LogP contribution in [0.3, 0.4) is 0 Å². The highest BCUT2D eigenvalue weighted by molar-refractivity contribution is 5.49. The van der Waals surface area contributed by atoms with Gasteiger partial charge in [-0.2, -0.15) is 0 Å². The fourth-order valence-electron chi connectivity index (χ4n) is 5.28. The average Bonchev–Trinajstić information content (AvgIpc) is 2.90. The highest BCUT2D eigenvalue weighted by atomic mass is 16.5. The van der Waals surface area contributed by atoms with E-state index in [-0.39, 0.29) is 0 Å². The van der Waals surface area contributed by atoms with Crippen molar-refractivity contribution in [3.05, 3.63) is 89.5 Å². The molecule has 0 atom stereocenters. The van der Waals surface area contributed by atoms with Crippen LogP contribution in [0.1, 0.15) is 99.8 Å². The van der Waals surface area contributed by atoms with E-state index in [2.05, 4.69) is 74.2 Å². The van der Waals surface area contributed by atoms with Crippen LogP contribution in [-0.2, 0) is 24.2 Å². The first kappa shape index (κ1) is 27.5. The van der Waals surface area contributed by atoms with E-state index in [9.17, 15) is 0 Å². The molecule has 1 heteroatoms. The number of rotatable bonds is 16. The summed E-state index contributed by atoms with van der Waals surface area (Å²) in [4.78, 5) is 0. The van der Waals surface area contributed by atoms with Gasteiger partial charge in [0.1, 0.15) is 0 Å². The molecule has 0 N–H and O–H groups in total. The van der Waals surface area contributed by atoms with Gasteiger partial charge >= 0.3 is 0 Å². The van der Waals surface area contributed by atoms with Gasteiger partial charge in [-0.05, 0) is 72.6 Å². The molecular formula is C34H48O. The summed E-state index contributed by atoms with van der Waals surface area (Å²) in [6.45, 7) is 7.43. The van der Waals surface area contributed by atoms with Crippen LogP contribution in [0.15, 0.2) is 67.3 Å². The van der Waals surface area contributed by atoms with Gasteiger partial charge in [-0.15, -0.1) is 6.58 Å². The summed E-state index contributed by atoms with van der Waals surface area (Å²) in [5.41, 5.74) is 5.58. The maximum atomic E-state index is 5.67. The Morgan fingerprint density at radius 2 is 1.40 bits per heavy atom. The summed E-state index contributed by atoms with van der Waals surface area (Å²) in [6.07, 6.45) is 23.5. The van der Waals surface area contributed by atoms with Crippen LogP contribution in [0.2, 0.25) is 0 Å². The van der Waals surface area contributed by atoms with Crippen LogP contribution in [-0.4, -0.2) is 6.61 Å². The first-order valence-corrected chi connectivity index (χ1v) is 14.3. The quantitative estimate of drug-likeness (QED) is 0.174. The van der Waals surface area contributed by atoms with Gasteiger partial charge in [0.2, 0.25) is 0 Å². The summed E-state index contributed by atoms with van der Waals surface area (Å²) in [6, 6.07) is 18.3. The van der Waals surface area contributed by atoms with Crippen molar-refractivity contribution in [3.63, 3.8) is 0 Å². The van der Waals surface area contributed by atoms with Gasteiger partial charge < -0.3 is 4.74 Å². The van der Waals surface area contributed by atoms with Crippen molar-refractivity contribution < 1.29 is 4.74 Å². The van der Waals surface area contributed by atoms with Crippen molar-refractivity contribution in [2.24, 2.45) is 11.8 Å². The van der Waals surface area contributed by atoms with Gasteiger partial charge in [-0.3, -0.25) is 0 Å². The van der Waals surface area contributed by atoms with E-state index in [1.807, 2.05) is 6.08 Å². The molecule has 0 unspecified atom stereocenters. The largest absolute Gasteiger partial charge is 0.376 e. The van der Waals surface area contributed by atoms with Crippen LogP contribution in [0.25, 0.3) is 6.08 Å². The minimum absolute atomic E-state index is 0.709. The highest BCUT2D eigenvalue weighted by Crippen LogP contribution is 2.34. The van der Waals surface area contributed by atoms with Crippen molar-refractivity contribution in [3.8, 4) is 0 Å². The number of benzene rings is 2. The first-order chi connectivity index (χ1) is 17.3. The summed E-state index contributed by atoms with van der Waals surface area (Å²) in [7, 11) is 0.